The first-order valence-corrected chi connectivity index (χ1v) is 8.10. The average Bonchev–Trinajstić information content (AvgIpc) is 2.82. The van der Waals surface area contributed by atoms with E-state index < -0.39 is 10.0 Å². The molecule has 0 aromatic carbocycles. The van der Waals surface area contributed by atoms with Gasteiger partial charge in [-0.25, -0.2) is 13.4 Å². The molecule has 1 aromatic heterocycles. The monoisotopic (exact) mass is 298 g/mol. The molecule has 0 amide bonds. The third-order valence-corrected chi connectivity index (χ3v) is 5.66. The van der Waals surface area contributed by atoms with Crippen LogP contribution < -0.4 is 5.32 Å². The fourth-order valence-corrected chi connectivity index (χ4v) is 4.20. The minimum absolute atomic E-state index is 0.260. The number of rotatable bonds is 4. The van der Waals surface area contributed by atoms with Gasteiger partial charge in [-0.05, 0) is 26.1 Å². The maximum absolute atomic E-state index is 12.7. The molecule has 1 N–H and O–H groups in total. The lowest BCUT2D eigenvalue weighted by molar-refractivity contribution is 0.263. The number of anilines is 1. The third-order valence-electron chi connectivity index (χ3n) is 3.83. The summed E-state index contributed by atoms with van der Waals surface area (Å²) in [4.78, 5) is 6.44. The fourth-order valence-electron chi connectivity index (χ4n) is 2.63. The zero-order chi connectivity index (χ0) is 14.9. The van der Waals surface area contributed by atoms with E-state index in [4.69, 9.17) is 0 Å². The molecule has 1 aliphatic heterocycles. The van der Waals surface area contributed by atoms with Gasteiger partial charge in [-0.2, -0.15) is 4.31 Å². The highest BCUT2D eigenvalue weighted by atomic mass is 32.2. The molecular formula is C13H22N4O2S. The van der Waals surface area contributed by atoms with E-state index in [1.807, 2.05) is 14.1 Å². The first-order chi connectivity index (χ1) is 9.36. The van der Waals surface area contributed by atoms with E-state index in [1.54, 1.807) is 23.5 Å². The summed E-state index contributed by atoms with van der Waals surface area (Å²) in [5.74, 6) is 0.882. The number of nitrogens with zero attached hydrogens (tertiary/aromatic N) is 3. The van der Waals surface area contributed by atoms with Crippen LogP contribution >= 0.6 is 0 Å². The van der Waals surface area contributed by atoms with Crippen LogP contribution in [0.2, 0.25) is 0 Å². The summed E-state index contributed by atoms with van der Waals surface area (Å²) in [7, 11) is 2.25. The minimum Gasteiger partial charge on any atom is -0.373 e. The molecule has 112 valence electrons. The molecule has 0 saturated carbocycles. The van der Waals surface area contributed by atoms with Crippen LogP contribution in [0.25, 0.3) is 0 Å². The van der Waals surface area contributed by atoms with Gasteiger partial charge in [0.2, 0.25) is 10.0 Å². The summed E-state index contributed by atoms with van der Waals surface area (Å²) in [5.41, 5.74) is 0. The lowest BCUT2D eigenvalue weighted by Gasteiger charge is -2.22. The third kappa shape index (κ3) is 2.79. The molecule has 2 atom stereocenters. The van der Waals surface area contributed by atoms with Crippen LogP contribution in [0.1, 0.15) is 6.92 Å². The molecule has 7 heteroatoms. The second kappa shape index (κ2) is 5.67. The molecule has 1 aromatic rings. The summed E-state index contributed by atoms with van der Waals surface area (Å²) in [5, 5.41) is 2.86. The first-order valence-electron chi connectivity index (χ1n) is 6.66. The molecule has 2 heterocycles. The molecule has 0 spiro atoms. The molecule has 0 bridgehead atoms. The van der Waals surface area contributed by atoms with Crippen LogP contribution in [0, 0.1) is 5.92 Å². The highest BCUT2D eigenvalue weighted by molar-refractivity contribution is 7.89. The van der Waals surface area contributed by atoms with Crippen molar-refractivity contribution in [2.75, 3.05) is 39.5 Å². The molecule has 2 unspecified atom stereocenters. The fraction of sp³-hybridized carbons (Fsp3) is 0.615. The molecular weight excluding hydrogens is 276 g/mol. The van der Waals surface area contributed by atoms with E-state index in [1.165, 1.54) is 6.20 Å². The number of hydrogen-bond acceptors (Lipinski definition) is 5. The lowest BCUT2D eigenvalue weighted by Crippen LogP contribution is -2.35. The standard InChI is InChI=1S/C13H22N4O2S/c1-10-8-17(9-12(10)16(3)4)20(18,19)11-5-6-15-13(7-11)14-2/h5-7,10,12H,8-9H2,1-4H3,(H,14,15). The number of pyridine rings is 1. The Morgan fingerprint density at radius 1 is 1.40 bits per heavy atom. The summed E-state index contributed by atoms with van der Waals surface area (Å²) in [6.45, 7) is 3.18. The summed E-state index contributed by atoms with van der Waals surface area (Å²) in [6, 6.07) is 3.38. The number of sulfonamides is 1. The lowest BCUT2D eigenvalue weighted by atomic mass is 10.1. The zero-order valence-electron chi connectivity index (χ0n) is 12.4. The molecule has 1 aliphatic rings. The van der Waals surface area contributed by atoms with Gasteiger partial charge in [-0.1, -0.05) is 6.92 Å². The van der Waals surface area contributed by atoms with Crippen LogP contribution in [-0.2, 0) is 10.0 Å². The Hall–Kier alpha value is -1.18. The largest absolute Gasteiger partial charge is 0.373 e. The van der Waals surface area contributed by atoms with Crippen molar-refractivity contribution in [1.82, 2.24) is 14.2 Å². The first kappa shape index (κ1) is 15.2. The van der Waals surface area contributed by atoms with Gasteiger partial charge in [-0.3, -0.25) is 0 Å². The van der Waals surface area contributed by atoms with Crippen molar-refractivity contribution < 1.29 is 8.42 Å². The molecule has 2 rings (SSSR count). The van der Waals surface area contributed by atoms with Gasteiger partial charge in [0.05, 0.1) is 4.90 Å². The number of nitrogens with one attached hydrogen (secondary N) is 1. The molecule has 0 aliphatic carbocycles. The van der Waals surface area contributed by atoms with Crippen LogP contribution in [0.15, 0.2) is 23.2 Å². The summed E-state index contributed by atoms with van der Waals surface area (Å²) in [6.07, 6.45) is 1.52. The molecule has 1 fully saturated rings. The minimum atomic E-state index is -3.44. The SMILES string of the molecule is CNc1cc(S(=O)(=O)N2CC(C)C(N(C)C)C2)ccn1. The van der Waals surface area contributed by atoms with Crippen LogP contribution in [-0.4, -0.2) is 62.9 Å². The Bertz CT molecular complexity index is 573. The molecule has 20 heavy (non-hydrogen) atoms. The van der Waals surface area contributed by atoms with E-state index in [-0.39, 0.29) is 6.04 Å². The number of hydrogen-bond donors (Lipinski definition) is 1. The molecule has 6 nitrogen and oxygen atoms in total. The van der Waals surface area contributed by atoms with E-state index in [0.29, 0.717) is 29.7 Å². The van der Waals surface area contributed by atoms with E-state index in [0.717, 1.165) is 0 Å². The summed E-state index contributed by atoms with van der Waals surface area (Å²) >= 11 is 0. The van der Waals surface area contributed by atoms with E-state index >= 15 is 0 Å². The van der Waals surface area contributed by atoms with Gasteiger partial charge in [0.15, 0.2) is 0 Å². The quantitative estimate of drug-likeness (QED) is 0.886. The number of aromatic nitrogens is 1. The Kier molecular flexibility index (Phi) is 4.31. The van der Waals surface area contributed by atoms with Crippen molar-refractivity contribution >= 4 is 15.8 Å². The van der Waals surface area contributed by atoms with Gasteiger partial charge < -0.3 is 10.2 Å². The zero-order valence-corrected chi connectivity index (χ0v) is 13.2. The van der Waals surface area contributed by atoms with Crippen molar-refractivity contribution in [2.24, 2.45) is 5.92 Å². The average molecular weight is 298 g/mol. The Morgan fingerprint density at radius 3 is 2.65 bits per heavy atom. The van der Waals surface area contributed by atoms with Crippen LogP contribution in [0.5, 0.6) is 0 Å². The maximum atomic E-state index is 12.7. The summed E-state index contributed by atoms with van der Waals surface area (Å²) < 4.78 is 26.9. The normalized spacial score (nSPS) is 24.2. The van der Waals surface area contributed by atoms with E-state index in [9.17, 15) is 8.42 Å². The smallest absolute Gasteiger partial charge is 0.243 e. The molecule has 1 saturated heterocycles. The van der Waals surface area contributed by atoms with Crippen LogP contribution in [0.3, 0.4) is 0 Å². The van der Waals surface area contributed by atoms with Gasteiger partial charge in [0, 0.05) is 38.4 Å². The predicted molar refractivity (Wildman–Crippen MR) is 79.2 cm³/mol. The van der Waals surface area contributed by atoms with Crippen molar-refractivity contribution in [3.05, 3.63) is 18.3 Å². The molecule has 0 radical (unpaired) electrons. The maximum Gasteiger partial charge on any atom is 0.243 e. The van der Waals surface area contributed by atoms with Crippen LogP contribution in [0.4, 0.5) is 5.82 Å². The second-order valence-corrected chi connectivity index (χ2v) is 7.39. The second-order valence-electron chi connectivity index (χ2n) is 5.46. The Balaban J connectivity index is 2.27. The Labute approximate surface area is 120 Å². The van der Waals surface area contributed by atoms with Gasteiger partial charge in [0.1, 0.15) is 5.82 Å². The van der Waals surface area contributed by atoms with Crippen molar-refractivity contribution in [1.29, 1.82) is 0 Å². The van der Waals surface area contributed by atoms with Crippen molar-refractivity contribution in [3.8, 4) is 0 Å². The van der Waals surface area contributed by atoms with Crippen molar-refractivity contribution in [3.63, 3.8) is 0 Å². The van der Waals surface area contributed by atoms with Gasteiger partial charge in [0.25, 0.3) is 0 Å². The topological polar surface area (TPSA) is 65.5 Å². The Morgan fingerprint density at radius 2 is 2.10 bits per heavy atom. The predicted octanol–water partition coefficient (Wildman–Crippen LogP) is 0.694. The van der Waals surface area contributed by atoms with Gasteiger partial charge in [-0.15, -0.1) is 0 Å². The highest BCUT2D eigenvalue weighted by Gasteiger charge is 2.38. The number of likely N-dealkylation sites (N-methyl/N-ethyl adjacent to an activating group) is 1. The van der Waals surface area contributed by atoms with Crippen molar-refractivity contribution in [2.45, 2.75) is 17.9 Å². The highest BCUT2D eigenvalue weighted by Crippen LogP contribution is 2.26. The van der Waals surface area contributed by atoms with Gasteiger partial charge >= 0.3 is 0 Å². The van der Waals surface area contributed by atoms with E-state index in [2.05, 4.69) is 22.1 Å².